The Labute approximate surface area is 254 Å². The number of carbonyl (C=O) groups excluding carboxylic acids is 2. The van der Waals surface area contributed by atoms with Gasteiger partial charge in [-0.1, -0.05) is 81.8 Å². The second kappa shape index (κ2) is 15.7. The number of fused-ring (bicyclic) bond motifs is 1. The van der Waals surface area contributed by atoms with E-state index in [0.717, 1.165) is 29.7 Å². The Balaban J connectivity index is 1.48. The van der Waals surface area contributed by atoms with Gasteiger partial charge in [0.25, 0.3) is 0 Å². The lowest BCUT2D eigenvalue weighted by Gasteiger charge is -2.31. The summed E-state index contributed by atoms with van der Waals surface area (Å²) in [6, 6.07) is 24.0. The first-order chi connectivity index (χ1) is 20.9. The number of aromatic nitrogens is 2. The zero-order chi connectivity index (χ0) is 30.6. The third-order valence-corrected chi connectivity index (χ3v) is 7.92. The molecule has 1 aromatic heterocycles. The first-order valence-electron chi connectivity index (χ1n) is 15.1. The van der Waals surface area contributed by atoms with Crippen molar-refractivity contribution < 1.29 is 9.59 Å². The second-order valence-electron chi connectivity index (χ2n) is 11.2. The summed E-state index contributed by atoms with van der Waals surface area (Å²) in [4.78, 5) is 32.7. The van der Waals surface area contributed by atoms with Crippen molar-refractivity contribution >= 4 is 22.6 Å². The number of benzene rings is 3. The molecule has 2 amide bonds. The molecule has 2 unspecified atom stereocenters. The highest BCUT2D eigenvalue weighted by Crippen LogP contribution is 2.21. The number of nitrogens with zero attached hydrogens (tertiary/aromatic N) is 4. The number of rotatable bonds is 15. The lowest BCUT2D eigenvalue weighted by Crippen LogP contribution is -2.49. The minimum absolute atomic E-state index is 0.0111. The Kier molecular flexibility index (Phi) is 11.5. The monoisotopic (exact) mass is 578 g/mol. The molecule has 0 radical (unpaired) electrons. The van der Waals surface area contributed by atoms with Crippen LogP contribution in [0.1, 0.15) is 56.0 Å². The Hall–Kier alpha value is -4.48. The smallest absolute Gasteiger partial charge is 0.234 e. The Morgan fingerprint density at radius 3 is 2.53 bits per heavy atom. The van der Waals surface area contributed by atoms with Crippen LogP contribution in [-0.4, -0.2) is 51.9 Å². The van der Waals surface area contributed by atoms with Crippen LogP contribution >= 0.6 is 0 Å². The molecule has 0 spiro atoms. The van der Waals surface area contributed by atoms with Crippen molar-refractivity contribution in [2.24, 2.45) is 5.92 Å². The van der Waals surface area contributed by atoms with Gasteiger partial charge < -0.3 is 15.2 Å². The van der Waals surface area contributed by atoms with E-state index in [1.54, 1.807) is 24.7 Å². The molecule has 0 bridgehead atoms. The van der Waals surface area contributed by atoms with Gasteiger partial charge in [0.2, 0.25) is 11.8 Å². The predicted octanol–water partition coefficient (Wildman–Crippen LogP) is 5.06. The first kappa shape index (κ1) is 31.5. The molecule has 0 fully saturated rings. The highest BCUT2D eigenvalue weighted by Gasteiger charge is 2.24. The summed E-state index contributed by atoms with van der Waals surface area (Å²) in [5.74, 6) is 0.122. The van der Waals surface area contributed by atoms with Crippen molar-refractivity contribution in [3.63, 3.8) is 0 Å². The van der Waals surface area contributed by atoms with Gasteiger partial charge in [-0.05, 0) is 46.4 Å². The zero-order valence-corrected chi connectivity index (χ0v) is 25.4. The summed E-state index contributed by atoms with van der Waals surface area (Å²) >= 11 is 0. The van der Waals surface area contributed by atoms with E-state index in [2.05, 4.69) is 70.8 Å². The lowest BCUT2D eigenvalue weighted by atomic mass is 9.97. The number of amides is 2. The molecular formula is C35H42N6O2. The molecule has 4 rings (SSSR count). The largest absolute Gasteiger partial charge is 0.355 e. The summed E-state index contributed by atoms with van der Waals surface area (Å²) in [6.45, 7) is 8.92. The average Bonchev–Trinajstić information content (AvgIpc) is 3.45. The standard InChI is InChI=1S/C35H42N6O2/c1-4-17-38-35(43)24-40(22-30-11-8-10-29-9-6-7-12-32(29)30)23-33(26(3)5-2)39-34(42)18-31-20-37-25-41(31)21-28-15-13-27(19-36)14-16-28/h6-16,20,25-26,33H,4-5,17-18,21-24H2,1-3H3,(H,38,43)(H,39,42). The van der Waals surface area contributed by atoms with Gasteiger partial charge in [-0.3, -0.25) is 14.5 Å². The summed E-state index contributed by atoms with van der Waals surface area (Å²) < 4.78 is 1.96. The van der Waals surface area contributed by atoms with Crippen molar-refractivity contribution in [1.82, 2.24) is 25.1 Å². The van der Waals surface area contributed by atoms with E-state index >= 15 is 0 Å². The highest BCUT2D eigenvalue weighted by atomic mass is 16.2. The van der Waals surface area contributed by atoms with E-state index < -0.39 is 0 Å². The molecule has 0 saturated carbocycles. The van der Waals surface area contributed by atoms with Gasteiger partial charge in [-0.15, -0.1) is 0 Å². The fraction of sp³-hybridized carbons (Fsp3) is 0.371. The number of imidazole rings is 1. The van der Waals surface area contributed by atoms with E-state index in [4.69, 9.17) is 5.26 Å². The van der Waals surface area contributed by atoms with Crippen LogP contribution in [0.3, 0.4) is 0 Å². The SMILES string of the molecule is CCCNC(=O)CN(Cc1cccc2ccccc12)CC(NC(=O)Cc1cncn1Cc1ccc(C#N)cc1)C(C)CC. The van der Waals surface area contributed by atoms with Crippen molar-refractivity contribution in [2.75, 3.05) is 19.6 Å². The van der Waals surface area contributed by atoms with Crippen molar-refractivity contribution in [3.05, 3.63) is 102 Å². The first-order valence-corrected chi connectivity index (χ1v) is 15.1. The molecule has 0 aliphatic rings. The normalized spacial score (nSPS) is 12.5. The molecule has 1 heterocycles. The van der Waals surface area contributed by atoms with Gasteiger partial charge in [0.05, 0.1) is 30.9 Å². The van der Waals surface area contributed by atoms with Gasteiger partial charge in [0.15, 0.2) is 0 Å². The topological polar surface area (TPSA) is 103 Å². The van der Waals surface area contributed by atoms with Crippen LogP contribution < -0.4 is 10.6 Å². The van der Waals surface area contributed by atoms with Gasteiger partial charge >= 0.3 is 0 Å². The number of hydrogen-bond donors (Lipinski definition) is 2. The molecule has 0 aliphatic carbocycles. The predicted molar refractivity (Wildman–Crippen MR) is 170 cm³/mol. The van der Waals surface area contributed by atoms with E-state index in [-0.39, 0.29) is 36.7 Å². The van der Waals surface area contributed by atoms with Gasteiger partial charge in [0.1, 0.15) is 0 Å². The number of carbonyl (C=O) groups is 2. The summed E-state index contributed by atoms with van der Waals surface area (Å²) in [5.41, 5.74) is 3.61. The molecule has 43 heavy (non-hydrogen) atoms. The number of nitriles is 1. The lowest BCUT2D eigenvalue weighted by molar-refractivity contribution is -0.122. The van der Waals surface area contributed by atoms with Gasteiger partial charge in [0, 0.05) is 44.1 Å². The zero-order valence-electron chi connectivity index (χ0n) is 25.4. The summed E-state index contributed by atoms with van der Waals surface area (Å²) in [5, 5.41) is 17.7. The minimum Gasteiger partial charge on any atom is -0.355 e. The van der Waals surface area contributed by atoms with Gasteiger partial charge in [-0.2, -0.15) is 5.26 Å². The highest BCUT2D eigenvalue weighted by molar-refractivity contribution is 5.85. The van der Waals surface area contributed by atoms with Crippen LogP contribution in [0.25, 0.3) is 10.8 Å². The van der Waals surface area contributed by atoms with Crippen LogP contribution in [0.4, 0.5) is 0 Å². The quantitative estimate of drug-likeness (QED) is 0.205. The van der Waals surface area contributed by atoms with E-state index in [9.17, 15) is 9.59 Å². The van der Waals surface area contributed by atoms with Crippen LogP contribution in [0, 0.1) is 17.2 Å². The maximum Gasteiger partial charge on any atom is 0.234 e. The van der Waals surface area contributed by atoms with Crippen molar-refractivity contribution in [1.29, 1.82) is 5.26 Å². The molecule has 224 valence electrons. The molecule has 0 saturated heterocycles. The van der Waals surface area contributed by atoms with Gasteiger partial charge in [-0.25, -0.2) is 4.98 Å². The van der Waals surface area contributed by atoms with Crippen LogP contribution in [-0.2, 0) is 29.1 Å². The minimum atomic E-state index is -0.138. The molecular weight excluding hydrogens is 536 g/mol. The Morgan fingerprint density at radius 2 is 1.79 bits per heavy atom. The fourth-order valence-electron chi connectivity index (χ4n) is 5.25. The van der Waals surface area contributed by atoms with E-state index in [1.165, 1.54) is 10.8 Å². The van der Waals surface area contributed by atoms with E-state index in [1.807, 2.05) is 35.8 Å². The maximum atomic E-state index is 13.4. The summed E-state index contributed by atoms with van der Waals surface area (Å²) in [6.07, 6.45) is 5.43. The average molecular weight is 579 g/mol. The summed E-state index contributed by atoms with van der Waals surface area (Å²) in [7, 11) is 0. The number of hydrogen-bond acceptors (Lipinski definition) is 5. The molecule has 4 aromatic rings. The third-order valence-electron chi connectivity index (χ3n) is 7.92. The Morgan fingerprint density at radius 1 is 1.02 bits per heavy atom. The maximum absolute atomic E-state index is 13.4. The third kappa shape index (κ3) is 9.00. The van der Waals surface area contributed by atoms with Crippen molar-refractivity contribution in [3.8, 4) is 6.07 Å². The van der Waals surface area contributed by atoms with E-state index in [0.29, 0.717) is 31.7 Å². The molecule has 0 aliphatic heterocycles. The molecule has 2 N–H and O–H groups in total. The molecule has 3 aromatic carbocycles. The fourth-order valence-corrected chi connectivity index (χ4v) is 5.25. The van der Waals surface area contributed by atoms with Crippen molar-refractivity contribution in [2.45, 2.75) is 59.2 Å². The molecule has 8 nitrogen and oxygen atoms in total. The molecule has 2 atom stereocenters. The molecule has 8 heteroatoms. The second-order valence-corrected chi connectivity index (χ2v) is 11.2. The van der Waals surface area contributed by atoms with Crippen LogP contribution in [0.15, 0.2) is 79.3 Å². The Bertz CT molecular complexity index is 1530. The van der Waals surface area contributed by atoms with Crippen LogP contribution in [0.5, 0.6) is 0 Å². The van der Waals surface area contributed by atoms with Crippen LogP contribution in [0.2, 0.25) is 0 Å². The number of nitrogens with one attached hydrogen (secondary N) is 2.